The summed E-state index contributed by atoms with van der Waals surface area (Å²) in [6, 6.07) is -0.602. The maximum atomic E-state index is 13.8. The number of hydrogen-bond acceptors (Lipinski definition) is 3. The Morgan fingerprint density at radius 3 is 2.53 bits per heavy atom. The minimum Gasteiger partial charge on any atom is -0.465 e. The highest BCUT2D eigenvalue weighted by Gasteiger charge is 2.41. The van der Waals surface area contributed by atoms with Crippen LogP contribution in [0.3, 0.4) is 0 Å². The molecule has 2 aliphatic rings. The second-order valence-electron chi connectivity index (χ2n) is 4.44. The molecule has 2 heterocycles. The molecule has 2 amide bonds. The molecule has 0 aliphatic carbocycles. The van der Waals surface area contributed by atoms with E-state index in [4.69, 9.17) is 5.11 Å². The average Bonchev–Trinajstić information content (AvgIpc) is 2.60. The highest BCUT2D eigenvalue weighted by atomic mass is 19.1. The van der Waals surface area contributed by atoms with Crippen LogP contribution >= 0.6 is 0 Å². The fourth-order valence-electron chi connectivity index (χ4n) is 2.43. The molecular formula is C10H15FN2O4. The molecule has 2 fully saturated rings. The molecular weight excluding hydrogens is 231 g/mol. The van der Waals surface area contributed by atoms with E-state index >= 15 is 0 Å². The van der Waals surface area contributed by atoms with Crippen molar-refractivity contribution in [2.45, 2.75) is 31.2 Å². The van der Waals surface area contributed by atoms with E-state index in [1.54, 1.807) is 0 Å². The number of nitrogens with zero attached hydrogens (tertiary/aromatic N) is 2. The summed E-state index contributed by atoms with van der Waals surface area (Å²) in [4.78, 5) is 24.6. The average molecular weight is 246 g/mol. The van der Waals surface area contributed by atoms with Crippen LogP contribution in [0.2, 0.25) is 0 Å². The van der Waals surface area contributed by atoms with Crippen molar-refractivity contribution >= 4 is 12.0 Å². The van der Waals surface area contributed by atoms with Crippen LogP contribution in [0.25, 0.3) is 0 Å². The number of carbonyl (C=O) groups excluding carboxylic acids is 1. The molecule has 2 aliphatic heterocycles. The fourth-order valence-corrected chi connectivity index (χ4v) is 2.43. The van der Waals surface area contributed by atoms with Gasteiger partial charge in [0.2, 0.25) is 0 Å². The lowest BCUT2D eigenvalue weighted by Crippen LogP contribution is -2.54. The van der Waals surface area contributed by atoms with Gasteiger partial charge in [-0.2, -0.15) is 0 Å². The monoisotopic (exact) mass is 246 g/mol. The van der Waals surface area contributed by atoms with Crippen molar-refractivity contribution in [1.29, 1.82) is 0 Å². The Morgan fingerprint density at radius 2 is 2.06 bits per heavy atom. The van der Waals surface area contributed by atoms with Crippen LogP contribution in [-0.4, -0.2) is 70.0 Å². The Kier molecular flexibility index (Phi) is 3.19. The Hall–Kier alpha value is -1.37. The fraction of sp³-hybridized carbons (Fsp3) is 0.800. The number of hydrogen-bond donors (Lipinski definition) is 2. The van der Waals surface area contributed by atoms with Crippen LogP contribution in [0.1, 0.15) is 12.8 Å². The summed E-state index contributed by atoms with van der Waals surface area (Å²) in [5.41, 5.74) is 0. The van der Waals surface area contributed by atoms with Gasteiger partial charge in [-0.25, -0.2) is 9.18 Å². The highest BCUT2D eigenvalue weighted by Crippen LogP contribution is 2.24. The number of piperidine rings is 1. The van der Waals surface area contributed by atoms with E-state index in [9.17, 15) is 19.1 Å². The molecule has 0 aromatic rings. The zero-order valence-corrected chi connectivity index (χ0v) is 9.25. The zero-order valence-electron chi connectivity index (χ0n) is 9.25. The van der Waals surface area contributed by atoms with E-state index in [0.717, 1.165) is 4.90 Å². The first-order chi connectivity index (χ1) is 8.00. The molecule has 0 aromatic carbocycles. The van der Waals surface area contributed by atoms with Crippen molar-refractivity contribution in [3.8, 4) is 0 Å². The van der Waals surface area contributed by atoms with E-state index in [0.29, 0.717) is 13.0 Å². The van der Waals surface area contributed by atoms with Gasteiger partial charge in [-0.3, -0.25) is 4.79 Å². The third kappa shape index (κ3) is 2.19. The van der Waals surface area contributed by atoms with Crippen molar-refractivity contribution in [2.24, 2.45) is 0 Å². The smallest absolute Gasteiger partial charge is 0.407 e. The predicted molar refractivity (Wildman–Crippen MR) is 55.2 cm³/mol. The van der Waals surface area contributed by atoms with E-state index in [1.807, 2.05) is 0 Å². The number of halogens is 1. The van der Waals surface area contributed by atoms with Gasteiger partial charge < -0.3 is 20.0 Å². The maximum Gasteiger partial charge on any atom is 0.407 e. The van der Waals surface area contributed by atoms with Crippen LogP contribution < -0.4 is 0 Å². The van der Waals surface area contributed by atoms with E-state index in [-0.39, 0.29) is 19.5 Å². The van der Waals surface area contributed by atoms with Gasteiger partial charge in [0.15, 0.2) is 0 Å². The Balaban J connectivity index is 2.00. The SMILES string of the molecule is O=C(O)N1CC[C@@H](N2CCC(O)C2=O)[C@H](F)C1. The highest BCUT2D eigenvalue weighted by molar-refractivity contribution is 5.83. The summed E-state index contributed by atoms with van der Waals surface area (Å²) >= 11 is 0. The molecule has 3 atom stereocenters. The molecule has 17 heavy (non-hydrogen) atoms. The van der Waals surface area contributed by atoms with Gasteiger partial charge in [-0.05, 0) is 12.8 Å². The van der Waals surface area contributed by atoms with Crippen molar-refractivity contribution in [2.75, 3.05) is 19.6 Å². The second-order valence-corrected chi connectivity index (χ2v) is 4.44. The third-order valence-electron chi connectivity index (χ3n) is 3.39. The molecule has 1 unspecified atom stereocenters. The third-order valence-corrected chi connectivity index (χ3v) is 3.39. The number of carbonyl (C=O) groups is 2. The zero-order chi connectivity index (χ0) is 12.6. The predicted octanol–water partition coefficient (Wildman–Crippen LogP) is -0.330. The lowest BCUT2D eigenvalue weighted by atomic mass is 10.0. The van der Waals surface area contributed by atoms with Gasteiger partial charge >= 0.3 is 6.09 Å². The molecule has 2 rings (SSSR count). The number of aliphatic hydroxyl groups excluding tert-OH is 1. The maximum absolute atomic E-state index is 13.8. The van der Waals surface area contributed by atoms with Crippen molar-refractivity contribution < 1.29 is 24.2 Å². The number of aliphatic hydroxyl groups is 1. The second kappa shape index (κ2) is 4.48. The first kappa shape index (κ1) is 12.1. The Labute approximate surface area is 97.6 Å². The molecule has 2 saturated heterocycles. The van der Waals surface area contributed by atoms with Crippen LogP contribution in [0.5, 0.6) is 0 Å². The molecule has 0 spiro atoms. The van der Waals surface area contributed by atoms with Crippen molar-refractivity contribution in [3.63, 3.8) is 0 Å². The first-order valence-electron chi connectivity index (χ1n) is 5.61. The summed E-state index contributed by atoms with van der Waals surface area (Å²) < 4.78 is 13.8. The summed E-state index contributed by atoms with van der Waals surface area (Å²) in [7, 11) is 0. The number of likely N-dealkylation sites (tertiary alicyclic amines) is 2. The summed E-state index contributed by atoms with van der Waals surface area (Å²) in [5, 5.41) is 18.0. The molecule has 0 saturated carbocycles. The summed E-state index contributed by atoms with van der Waals surface area (Å²) in [6.45, 7) is 0.359. The van der Waals surface area contributed by atoms with Gasteiger partial charge in [0.1, 0.15) is 12.3 Å². The van der Waals surface area contributed by atoms with Crippen molar-refractivity contribution in [1.82, 2.24) is 9.80 Å². The van der Waals surface area contributed by atoms with Gasteiger partial charge in [-0.15, -0.1) is 0 Å². The normalized spacial score (nSPS) is 34.2. The molecule has 6 nitrogen and oxygen atoms in total. The molecule has 0 bridgehead atoms. The molecule has 7 heteroatoms. The number of amides is 2. The topological polar surface area (TPSA) is 81.1 Å². The molecule has 96 valence electrons. The van der Waals surface area contributed by atoms with Crippen LogP contribution in [0.15, 0.2) is 0 Å². The van der Waals surface area contributed by atoms with Gasteiger partial charge in [-0.1, -0.05) is 0 Å². The first-order valence-corrected chi connectivity index (χ1v) is 5.61. The van der Waals surface area contributed by atoms with Crippen LogP contribution in [0, 0.1) is 0 Å². The number of carboxylic acid groups (broad SMARTS) is 1. The largest absolute Gasteiger partial charge is 0.465 e. The standard InChI is InChI=1S/C10H15FN2O4/c11-6-5-12(10(16)17)3-1-7(6)13-4-2-8(14)9(13)15/h6-8,14H,1-5H2,(H,16,17)/t6-,7-,8?/m1/s1. The minimum atomic E-state index is -1.38. The Bertz CT molecular complexity index is 338. The molecule has 2 N–H and O–H groups in total. The minimum absolute atomic E-state index is 0.208. The molecule has 0 radical (unpaired) electrons. The lowest BCUT2D eigenvalue weighted by molar-refractivity contribution is -0.138. The summed E-state index contributed by atoms with van der Waals surface area (Å²) in [6.07, 6.45) is -2.94. The van der Waals surface area contributed by atoms with Crippen LogP contribution in [0.4, 0.5) is 9.18 Å². The van der Waals surface area contributed by atoms with Gasteiger partial charge in [0.05, 0.1) is 12.6 Å². The Morgan fingerprint density at radius 1 is 1.35 bits per heavy atom. The lowest BCUT2D eigenvalue weighted by Gasteiger charge is -2.37. The van der Waals surface area contributed by atoms with Crippen LogP contribution in [-0.2, 0) is 4.79 Å². The number of rotatable bonds is 1. The molecule has 0 aromatic heterocycles. The van der Waals surface area contributed by atoms with Gasteiger partial charge in [0.25, 0.3) is 5.91 Å². The quantitative estimate of drug-likeness (QED) is 0.664. The van der Waals surface area contributed by atoms with Gasteiger partial charge in [0, 0.05) is 13.1 Å². The van der Waals surface area contributed by atoms with E-state index < -0.39 is 30.3 Å². The van der Waals surface area contributed by atoms with E-state index in [2.05, 4.69) is 0 Å². The summed E-state index contributed by atoms with van der Waals surface area (Å²) in [5.74, 6) is -0.443. The number of alkyl halides is 1. The van der Waals surface area contributed by atoms with E-state index in [1.165, 1.54) is 4.90 Å². The van der Waals surface area contributed by atoms with Crippen molar-refractivity contribution in [3.05, 3.63) is 0 Å².